The van der Waals surface area contributed by atoms with E-state index in [1.807, 2.05) is 48.5 Å². The molecule has 2 N–H and O–H groups in total. The van der Waals surface area contributed by atoms with Crippen LogP contribution in [-0.4, -0.2) is 10.9 Å². The van der Waals surface area contributed by atoms with Crippen molar-refractivity contribution < 1.29 is 9.21 Å². The summed E-state index contributed by atoms with van der Waals surface area (Å²) in [6.07, 6.45) is 0. The van der Waals surface area contributed by atoms with Crippen molar-refractivity contribution in [1.29, 1.82) is 0 Å². The Morgan fingerprint density at radius 2 is 1.62 bits per heavy atom. The molecule has 0 saturated heterocycles. The number of carbonyl (C=O) groups excluding carboxylic acids is 1. The molecule has 3 rings (SSSR count). The van der Waals surface area contributed by atoms with E-state index in [1.165, 1.54) is 0 Å². The van der Waals surface area contributed by atoms with Crippen LogP contribution in [0.1, 0.15) is 10.4 Å². The predicted octanol–water partition coefficient (Wildman–Crippen LogP) is 4.26. The Morgan fingerprint density at radius 3 is 2.29 bits per heavy atom. The molecule has 0 aliphatic heterocycles. The maximum absolute atomic E-state index is 12.2. The van der Waals surface area contributed by atoms with Crippen LogP contribution in [0.5, 0.6) is 0 Å². The zero-order valence-corrected chi connectivity index (χ0v) is 11.8. The molecule has 4 nitrogen and oxygen atoms in total. The topological polar surface area (TPSA) is 58.0 Å². The summed E-state index contributed by atoms with van der Waals surface area (Å²) >= 11 is 5.02. The van der Waals surface area contributed by atoms with Gasteiger partial charge in [-0.1, -0.05) is 48.5 Å². The SMILES string of the molecule is O=C(Nc1[nH]c(=S)oc1-c1ccccc1)c1ccccc1. The van der Waals surface area contributed by atoms with E-state index in [0.29, 0.717) is 17.1 Å². The average molecular weight is 296 g/mol. The van der Waals surface area contributed by atoms with Crippen LogP contribution >= 0.6 is 12.2 Å². The third-order valence-corrected chi connectivity index (χ3v) is 3.14. The average Bonchev–Trinajstić information content (AvgIpc) is 2.89. The highest BCUT2D eigenvalue weighted by atomic mass is 32.1. The van der Waals surface area contributed by atoms with Gasteiger partial charge in [0.15, 0.2) is 11.6 Å². The van der Waals surface area contributed by atoms with Gasteiger partial charge < -0.3 is 9.73 Å². The second-order valence-electron chi connectivity index (χ2n) is 4.40. The second-order valence-corrected chi connectivity index (χ2v) is 4.78. The Hall–Kier alpha value is -2.66. The molecule has 104 valence electrons. The Labute approximate surface area is 126 Å². The molecule has 1 amide bonds. The van der Waals surface area contributed by atoms with Gasteiger partial charge in [-0.2, -0.15) is 0 Å². The van der Waals surface area contributed by atoms with Crippen LogP contribution in [0.25, 0.3) is 11.3 Å². The number of hydrogen-bond donors (Lipinski definition) is 2. The maximum atomic E-state index is 12.2. The molecular weight excluding hydrogens is 284 g/mol. The highest BCUT2D eigenvalue weighted by Crippen LogP contribution is 2.27. The molecular formula is C16H12N2O2S. The lowest BCUT2D eigenvalue weighted by Crippen LogP contribution is -2.12. The zero-order valence-electron chi connectivity index (χ0n) is 11.0. The number of benzene rings is 2. The first-order valence-corrected chi connectivity index (χ1v) is 6.80. The van der Waals surface area contributed by atoms with Gasteiger partial charge in [-0.25, -0.2) is 0 Å². The van der Waals surface area contributed by atoms with Crippen LogP contribution < -0.4 is 5.32 Å². The fraction of sp³-hybridized carbons (Fsp3) is 0. The molecule has 1 aromatic heterocycles. The van der Waals surface area contributed by atoms with Crippen molar-refractivity contribution in [2.45, 2.75) is 0 Å². The molecule has 0 aliphatic carbocycles. The van der Waals surface area contributed by atoms with Gasteiger partial charge in [0.05, 0.1) is 0 Å². The van der Waals surface area contributed by atoms with Crippen molar-refractivity contribution in [2.24, 2.45) is 0 Å². The summed E-state index contributed by atoms with van der Waals surface area (Å²) in [6.45, 7) is 0. The minimum absolute atomic E-state index is 0.220. The lowest BCUT2D eigenvalue weighted by molar-refractivity contribution is 0.102. The van der Waals surface area contributed by atoms with Gasteiger partial charge in [0, 0.05) is 11.1 Å². The summed E-state index contributed by atoms with van der Waals surface area (Å²) in [6, 6.07) is 18.4. The second kappa shape index (κ2) is 5.76. The first-order valence-electron chi connectivity index (χ1n) is 6.39. The molecule has 21 heavy (non-hydrogen) atoms. The maximum Gasteiger partial charge on any atom is 0.268 e. The Morgan fingerprint density at radius 1 is 1.00 bits per heavy atom. The first kappa shape index (κ1) is 13.3. The summed E-state index contributed by atoms with van der Waals surface area (Å²) in [5.41, 5.74) is 1.41. The number of rotatable bonds is 3. The predicted molar refractivity (Wildman–Crippen MR) is 83.7 cm³/mol. The molecule has 0 unspecified atom stereocenters. The van der Waals surface area contributed by atoms with Gasteiger partial charge in [-0.05, 0) is 24.4 Å². The minimum atomic E-state index is -0.222. The number of nitrogens with one attached hydrogen (secondary N) is 2. The Bertz CT molecular complexity index is 807. The number of aromatic nitrogens is 1. The van der Waals surface area contributed by atoms with Crippen molar-refractivity contribution in [1.82, 2.24) is 4.98 Å². The summed E-state index contributed by atoms with van der Waals surface area (Å²) in [4.78, 5) is 15.3. The highest BCUT2D eigenvalue weighted by Gasteiger charge is 2.14. The van der Waals surface area contributed by atoms with E-state index >= 15 is 0 Å². The summed E-state index contributed by atoms with van der Waals surface area (Å²) in [5.74, 6) is 0.754. The van der Waals surface area contributed by atoms with Gasteiger partial charge in [-0.3, -0.25) is 9.78 Å². The van der Waals surface area contributed by atoms with Crippen molar-refractivity contribution in [2.75, 3.05) is 5.32 Å². The highest BCUT2D eigenvalue weighted by molar-refractivity contribution is 7.71. The molecule has 0 aliphatic rings. The van der Waals surface area contributed by atoms with E-state index in [9.17, 15) is 4.79 Å². The van der Waals surface area contributed by atoms with Gasteiger partial charge in [-0.15, -0.1) is 0 Å². The van der Waals surface area contributed by atoms with E-state index in [2.05, 4.69) is 10.3 Å². The molecule has 5 heteroatoms. The van der Waals surface area contributed by atoms with Crippen LogP contribution in [-0.2, 0) is 0 Å². The van der Waals surface area contributed by atoms with Gasteiger partial charge in [0.25, 0.3) is 10.7 Å². The van der Waals surface area contributed by atoms with Crippen LogP contribution in [0.4, 0.5) is 5.82 Å². The molecule has 0 bridgehead atoms. The summed E-state index contributed by atoms with van der Waals surface area (Å²) in [7, 11) is 0. The van der Waals surface area contributed by atoms with E-state index < -0.39 is 0 Å². The first-order chi connectivity index (χ1) is 10.2. The van der Waals surface area contributed by atoms with Crippen LogP contribution in [0.15, 0.2) is 65.1 Å². The number of hydrogen-bond acceptors (Lipinski definition) is 3. The van der Waals surface area contributed by atoms with E-state index in [0.717, 1.165) is 5.56 Å². The van der Waals surface area contributed by atoms with Crippen LogP contribution in [0.3, 0.4) is 0 Å². The van der Waals surface area contributed by atoms with Crippen LogP contribution in [0.2, 0.25) is 0 Å². The lowest BCUT2D eigenvalue weighted by Gasteiger charge is -2.04. The van der Waals surface area contributed by atoms with E-state index in [1.54, 1.807) is 12.1 Å². The lowest BCUT2D eigenvalue weighted by atomic mass is 10.1. The van der Waals surface area contributed by atoms with Crippen molar-refractivity contribution >= 4 is 23.9 Å². The van der Waals surface area contributed by atoms with Crippen LogP contribution in [0, 0.1) is 4.84 Å². The quantitative estimate of drug-likeness (QED) is 0.710. The molecule has 0 atom stereocenters. The molecule has 2 aromatic carbocycles. The largest absolute Gasteiger partial charge is 0.427 e. The Kier molecular flexibility index (Phi) is 3.66. The normalized spacial score (nSPS) is 10.3. The number of amides is 1. The molecule has 3 aromatic rings. The Balaban J connectivity index is 1.94. The fourth-order valence-corrected chi connectivity index (χ4v) is 2.17. The van der Waals surface area contributed by atoms with Crippen molar-refractivity contribution in [3.05, 3.63) is 71.1 Å². The standard InChI is InChI=1S/C16H12N2O2S/c19-15(12-9-5-2-6-10-12)17-14-13(20-16(21)18-14)11-7-3-1-4-8-11/h1-10H,(H,17,19)(H,18,21). The van der Waals surface area contributed by atoms with Crippen molar-refractivity contribution in [3.8, 4) is 11.3 Å². The van der Waals surface area contributed by atoms with Gasteiger partial charge >= 0.3 is 0 Å². The molecule has 0 saturated carbocycles. The number of aromatic amines is 1. The number of carbonyl (C=O) groups is 1. The molecule has 0 spiro atoms. The zero-order chi connectivity index (χ0) is 14.7. The third-order valence-electron chi connectivity index (χ3n) is 2.96. The van der Waals surface area contributed by atoms with E-state index in [4.69, 9.17) is 16.6 Å². The van der Waals surface area contributed by atoms with Gasteiger partial charge in [0.1, 0.15) is 0 Å². The third kappa shape index (κ3) is 2.93. The van der Waals surface area contributed by atoms with Crippen molar-refractivity contribution in [3.63, 3.8) is 0 Å². The molecule has 0 fully saturated rings. The number of oxazole rings is 1. The fourth-order valence-electron chi connectivity index (χ4n) is 1.98. The minimum Gasteiger partial charge on any atom is -0.427 e. The monoisotopic (exact) mass is 296 g/mol. The number of anilines is 1. The summed E-state index contributed by atoms with van der Waals surface area (Å²) in [5, 5.41) is 2.79. The number of H-pyrrole nitrogens is 1. The summed E-state index contributed by atoms with van der Waals surface area (Å²) < 4.78 is 5.48. The smallest absolute Gasteiger partial charge is 0.268 e. The molecule has 1 heterocycles. The van der Waals surface area contributed by atoms with E-state index in [-0.39, 0.29) is 10.7 Å². The molecule has 0 radical (unpaired) electrons. The van der Waals surface area contributed by atoms with Gasteiger partial charge in [0.2, 0.25) is 0 Å².